The van der Waals surface area contributed by atoms with E-state index in [1.165, 1.54) is 0 Å². The van der Waals surface area contributed by atoms with Crippen molar-refractivity contribution in [2.24, 2.45) is 5.16 Å². The van der Waals surface area contributed by atoms with Gasteiger partial charge in [0.2, 0.25) is 0 Å². The lowest BCUT2D eigenvalue weighted by Gasteiger charge is -2.39. The quantitative estimate of drug-likeness (QED) is 0.126. The molecule has 11 nitrogen and oxygen atoms in total. The van der Waals surface area contributed by atoms with Gasteiger partial charge in [-0.25, -0.2) is 4.28 Å². The molecule has 0 aromatic heterocycles. The average molecular weight is 431 g/mol. The molecule has 0 bridgehead atoms. The van der Waals surface area contributed by atoms with Crippen molar-refractivity contribution in [3.8, 4) is 0 Å². The van der Waals surface area contributed by atoms with Crippen LogP contribution in [0.2, 0.25) is 0 Å². The fourth-order valence-electron chi connectivity index (χ4n) is 2.35. The Balaban J connectivity index is 2.81. The van der Waals surface area contributed by atoms with Crippen molar-refractivity contribution in [3.63, 3.8) is 0 Å². The van der Waals surface area contributed by atoms with Crippen LogP contribution in [0.5, 0.6) is 0 Å². The predicted molar refractivity (Wildman–Crippen MR) is 95.2 cm³/mol. The molecule has 1 aliphatic rings. The zero-order valence-corrected chi connectivity index (χ0v) is 16.3. The van der Waals surface area contributed by atoms with Crippen molar-refractivity contribution in [1.29, 1.82) is 0 Å². The Morgan fingerprint density at radius 3 is 2.37 bits per heavy atom. The molecule has 0 radical (unpaired) electrons. The molecule has 0 aromatic carbocycles. The van der Waals surface area contributed by atoms with Gasteiger partial charge in [-0.3, -0.25) is 9.35 Å². The molecule has 5 atom stereocenters. The standard InChI is InChI=1S/C14H25NO10S2/c1-2-4-8(17)5-3-6-10(15-25-27(21,22)23)26-14-13(20)12(19)11(18)9(7-16)24-14/h9,11-14,16,18-20H,2-7H2,1H3,(H,21,22,23). The van der Waals surface area contributed by atoms with Gasteiger partial charge in [0.05, 0.1) is 6.61 Å². The van der Waals surface area contributed by atoms with Crippen molar-refractivity contribution >= 4 is 33.0 Å². The summed E-state index contributed by atoms with van der Waals surface area (Å²) in [7, 11) is -4.86. The molecule has 158 valence electrons. The maximum atomic E-state index is 11.6. The van der Waals surface area contributed by atoms with Crippen LogP contribution in [0.4, 0.5) is 0 Å². The van der Waals surface area contributed by atoms with Gasteiger partial charge in [-0.05, 0) is 19.3 Å². The minimum atomic E-state index is -4.86. The topological polar surface area (TPSA) is 183 Å². The van der Waals surface area contributed by atoms with Crippen LogP contribution in [0.15, 0.2) is 5.16 Å². The minimum absolute atomic E-state index is 0.0189. The number of ether oxygens (including phenoxy) is 1. The summed E-state index contributed by atoms with van der Waals surface area (Å²) in [5.41, 5.74) is -1.20. The van der Waals surface area contributed by atoms with E-state index in [1.54, 1.807) is 0 Å². The van der Waals surface area contributed by atoms with E-state index in [4.69, 9.17) is 9.29 Å². The molecule has 5 unspecified atom stereocenters. The zero-order chi connectivity index (χ0) is 20.6. The number of hydrogen-bond acceptors (Lipinski definition) is 11. The van der Waals surface area contributed by atoms with Crippen LogP contribution in [0.25, 0.3) is 0 Å². The smallest absolute Gasteiger partial charge is 0.394 e. The highest BCUT2D eigenvalue weighted by Gasteiger charge is 2.44. The Kier molecular flexibility index (Phi) is 10.1. The number of aliphatic hydroxyl groups is 4. The lowest BCUT2D eigenvalue weighted by molar-refractivity contribution is -0.205. The first kappa shape index (κ1) is 24.2. The Hall–Kier alpha value is -0.800. The molecule has 1 heterocycles. The highest BCUT2D eigenvalue weighted by atomic mass is 32.3. The number of hydrogen-bond donors (Lipinski definition) is 5. The molecule has 0 amide bonds. The number of rotatable bonds is 10. The van der Waals surface area contributed by atoms with E-state index in [0.29, 0.717) is 31.0 Å². The highest BCUT2D eigenvalue weighted by Crippen LogP contribution is 2.30. The van der Waals surface area contributed by atoms with E-state index in [9.17, 15) is 33.6 Å². The van der Waals surface area contributed by atoms with Crippen LogP contribution >= 0.6 is 11.8 Å². The molecule has 0 saturated carbocycles. The molecule has 27 heavy (non-hydrogen) atoms. The molecular formula is C14H25NO10S2. The van der Waals surface area contributed by atoms with E-state index in [1.807, 2.05) is 6.92 Å². The number of carbonyl (C=O) groups is 1. The number of ketones is 1. The summed E-state index contributed by atoms with van der Waals surface area (Å²) in [4.78, 5) is 11.6. The van der Waals surface area contributed by atoms with E-state index in [2.05, 4.69) is 9.44 Å². The summed E-state index contributed by atoms with van der Waals surface area (Å²) in [5.74, 6) is 0.0189. The molecule has 1 saturated heterocycles. The monoisotopic (exact) mass is 431 g/mol. The van der Waals surface area contributed by atoms with Crippen molar-refractivity contribution in [2.45, 2.75) is 68.9 Å². The lowest BCUT2D eigenvalue weighted by Crippen LogP contribution is -2.57. The second kappa shape index (κ2) is 11.3. The van der Waals surface area contributed by atoms with Gasteiger partial charge < -0.3 is 25.2 Å². The Morgan fingerprint density at radius 2 is 1.81 bits per heavy atom. The maximum Gasteiger partial charge on any atom is 0.466 e. The van der Waals surface area contributed by atoms with Crippen molar-refractivity contribution in [1.82, 2.24) is 0 Å². The molecule has 13 heteroatoms. The number of thioether (sulfide) groups is 1. The number of Topliss-reactive ketones (excluding diaryl/α,β-unsaturated/α-hetero) is 1. The summed E-state index contributed by atoms with van der Waals surface area (Å²) >= 11 is 0.688. The minimum Gasteiger partial charge on any atom is -0.394 e. The largest absolute Gasteiger partial charge is 0.466 e. The first-order valence-electron chi connectivity index (χ1n) is 8.30. The number of nitrogens with zero attached hydrogens (tertiary/aromatic N) is 1. The van der Waals surface area contributed by atoms with Crippen LogP contribution in [0.3, 0.4) is 0 Å². The van der Waals surface area contributed by atoms with Crippen molar-refractivity contribution in [2.75, 3.05) is 6.61 Å². The molecule has 0 aromatic rings. The van der Waals surface area contributed by atoms with Gasteiger partial charge in [0.15, 0.2) is 0 Å². The third kappa shape index (κ3) is 8.39. The fourth-order valence-corrected chi connectivity index (χ4v) is 3.69. The molecule has 0 aliphatic carbocycles. The highest BCUT2D eigenvalue weighted by molar-refractivity contribution is 8.14. The predicted octanol–water partition coefficient (Wildman–Crippen LogP) is -0.808. The van der Waals surface area contributed by atoms with Gasteiger partial charge in [0.25, 0.3) is 0 Å². The van der Waals surface area contributed by atoms with Crippen LogP contribution in [-0.2, 0) is 24.2 Å². The number of oxime groups is 1. The Labute approximate surface area is 161 Å². The number of carbonyl (C=O) groups excluding carboxylic acids is 1. The van der Waals surface area contributed by atoms with Crippen LogP contribution < -0.4 is 0 Å². The Bertz CT molecular complexity index is 609. The third-order valence-corrected chi connectivity index (χ3v) is 5.14. The first-order chi connectivity index (χ1) is 12.6. The molecule has 1 fully saturated rings. The van der Waals surface area contributed by atoms with E-state index in [0.717, 1.165) is 0 Å². The van der Waals surface area contributed by atoms with Crippen LogP contribution in [0.1, 0.15) is 39.0 Å². The summed E-state index contributed by atoms with van der Waals surface area (Å²) in [5, 5.41) is 42.0. The summed E-state index contributed by atoms with van der Waals surface area (Å²) < 4.78 is 39.4. The van der Waals surface area contributed by atoms with Crippen LogP contribution in [0, 0.1) is 0 Å². The number of aliphatic hydroxyl groups excluding tert-OH is 4. The second-order valence-electron chi connectivity index (χ2n) is 5.94. The molecule has 0 spiro atoms. The summed E-state index contributed by atoms with van der Waals surface area (Å²) in [6.45, 7) is 1.24. The van der Waals surface area contributed by atoms with Gasteiger partial charge in [-0.15, -0.1) is 0 Å². The van der Waals surface area contributed by atoms with Gasteiger partial charge >= 0.3 is 10.4 Å². The van der Waals surface area contributed by atoms with E-state index >= 15 is 0 Å². The fraction of sp³-hybridized carbons (Fsp3) is 0.857. The molecule has 5 N–H and O–H groups in total. The van der Waals surface area contributed by atoms with Crippen molar-refractivity contribution in [3.05, 3.63) is 0 Å². The zero-order valence-electron chi connectivity index (χ0n) is 14.7. The normalized spacial score (nSPS) is 29.6. The molecular weight excluding hydrogens is 406 g/mol. The SMILES string of the molecule is CCCC(=O)CCCC(=NOS(=O)(=O)O)SC1OC(CO)C(O)C(O)C1O. The van der Waals surface area contributed by atoms with Gasteiger partial charge in [0.1, 0.15) is 40.7 Å². The van der Waals surface area contributed by atoms with Gasteiger partial charge in [-0.1, -0.05) is 23.8 Å². The van der Waals surface area contributed by atoms with Crippen LogP contribution in [-0.4, -0.2) is 80.7 Å². The van der Waals surface area contributed by atoms with E-state index in [-0.39, 0.29) is 23.7 Å². The third-order valence-electron chi connectivity index (χ3n) is 3.71. The average Bonchev–Trinajstić information content (AvgIpc) is 2.59. The summed E-state index contributed by atoms with van der Waals surface area (Å²) in [6.07, 6.45) is -4.15. The summed E-state index contributed by atoms with van der Waals surface area (Å²) in [6, 6.07) is 0. The first-order valence-corrected chi connectivity index (χ1v) is 10.5. The molecule has 1 aliphatic heterocycles. The lowest BCUT2D eigenvalue weighted by atomic mass is 10.0. The maximum absolute atomic E-state index is 11.6. The van der Waals surface area contributed by atoms with Gasteiger partial charge in [0, 0.05) is 12.8 Å². The van der Waals surface area contributed by atoms with E-state index < -0.39 is 46.9 Å². The Morgan fingerprint density at radius 1 is 1.15 bits per heavy atom. The van der Waals surface area contributed by atoms with Gasteiger partial charge in [-0.2, -0.15) is 8.42 Å². The van der Waals surface area contributed by atoms with Crippen molar-refractivity contribution < 1.29 is 47.2 Å². The second-order valence-corrected chi connectivity index (χ2v) is 8.12. The molecule has 1 rings (SSSR count).